The Morgan fingerprint density at radius 3 is 2.90 bits per heavy atom. The van der Waals surface area contributed by atoms with Gasteiger partial charge in [0.15, 0.2) is 0 Å². The molecule has 4 nitrogen and oxygen atoms in total. The van der Waals surface area contributed by atoms with Crippen LogP contribution in [-0.4, -0.2) is 27.0 Å². The van der Waals surface area contributed by atoms with Crippen molar-refractivity contribution < 1.29 is 0 Å². The molecular weight excluding hydrogens is 148 g/mol. The highest BCUT2D eigenvalue weighted by atomic mass is 32.1. The lowest BCUT2D eigenvalue weighted by atomic mass is 10.5. The lowest BCUT2D eigenvalue weighted by molar-refractivity contribution is 0.714. The Labute approximate surface area is 64.2 Å². The first-order valence-electron chi connectivity index (χ1n) is 2.82. The third kappa shape index (κ3) is 1.30. The van der Waals surface area contributed by atoms with E-state index in [1.807, 2.05) is 0 Å². The number of rotatable bonds is 1. The maximum Gasteiger partial charge on any atom is 0.140 e. The van der Waals surface area contributed by atoms with Crippen molar-refractivity contribution in [2.75, 3.05) is 7.05 Å². The first kappa shape index (κ1) is 7.14. The van der Waals surface area contributed by atoms with Gasteiger partial charge in [-0.25, -0.2) is 0 Å². The summed E-state index contributed by atoms with van der Waals surface area (Å²) in [6, 6.07) is 0. The van der Waals surface area contributed by atoms with Gasteiger partial charge in [0.25, 0.3) is 0 Å². The van der Waals surface area contributed by atoms with Crippen molar-refractivity contribution >= 4 is 17.2 Å². The van der Waals surface area contributed by atoms with Crippen molar-refractivity contribution in [1.29, 1.82) is 0 Å². The fourth-order valence-electron chi connectivity index (χ4n) is 0.579. The molecule has 0 saturated carbocycles. The number of nitrogens with zero attached hydrogens (tertiary/aromatic N) is 3. The first-order valence-corrected chi connectivity index (χ1v) is 3.23. The fraction of sp³-hybridized carbons (Fsp3) is 0.400. The van der Waals surface area contributed by atoms with Crippen LogP contribution >= 0.6 is 12.2 Å². The number of aryl methyl sites for hydroxylation is 1. The number of hydrogen-bond acceptors (Lipinski definition) is 3. The second-order valence-corrected chi connectivity index (χ2v) is 2.26. The van der Waals surface area contributed by atoms with E-state index in [2.05, 4.69) is 15.6 Å². The van der Waals surface area contributed by atoms with Crippen LogP contribution in [0.2, 0.25) is 0 Å². The van der Waals surface area contributed by atoms with Crippen molar-refractivity contribution in [3.63, 3.8) is 0 Å². The molecule has 0 atom stereocenters. The van der Waals surface area contributed by atoms with Gasteiger partial charge in [-0.15, -0.1) is 5.10 Å². The second-order valence-electron chi connectivity index (χ2n) is 1.86. The van der Waals surface area contributed by atoms with Crippen molar-refractivity contribution in [3.05, 3.63) is 11.9 Å². The summed E-state index contributed by atoms with van der Waals surface area (Å²) >= 11 is 4.91. The van der Waals surface area contributed by atoms with Crippen LogP contribution < -0.4 is 5.32 Å². The lowest BCUT2D eigenvalue weighted by Gasteiger charge is -1.93. The Balaban J connectivity index is 2.85. The molecule has 0 aliphatic rings. The van der Waals surface area contributed by atoms with Gasteiger partial charge in [-0.1, -0.05) is 17.4 Å². The molecule has 1 aromatic rings. The summed E-state index contributed by atoms with van der Waals surface area (Å²) in [5.74, 6) is 0. The highest BCUT2D eigenvalue weighted by molar-refractivity contribution is 7.80. The van der Waals surface area contributed by atoms with Gasteiger partial charge >= 0.3 is 0 Å². The zero-order chi connectivity index (χ0) is 7.56. The summed E-state index contributed by atoms with van der Waals surface area (Å²) < 4.78 is 1.61. The summed E-state index contributed by atoms with van der Waals surface area (Å²) in [7, 11) is 3.56. The van der Waals surface area contributed by atoms with Crippen molar-refractivity contribution in [2.45, 2.75) is 0 Å². The maximum absolute atomic E-state index is 4.91. The number of aromatic nitrogens is 3. The number of nitrogens with one attached hydrogen (secondary N) is 1. The molecule has 0 fully saturated rings. The van der Waals surface area contributed by atoms with Crippen LogP contribution in [0.1, 0.15) is 5.69 Å². The van der Waals surface area contributed by atoms with E-state index >= 15 is 0 Å². The highest BCUT2D eigenvalue weighted by Gasteiger charge is 2.00. The van der Waals surface area contributed by atoms with E-state index in [0.717, 1.165) is 0 Å². The van der Waals surface area contributed by atoms with E-state index in [9.17, 15) is 0 Å². The molecule has 0 bridgehead atoms. The third-order valence-corrected chi connectivity index (χ3v) is 1.48. The normalized spacial score (nSPS) is 9.40. The molecule has 1 heterocycles. The van der Waals surface area contributed by atoms with Gasteiger partial charge in [0, 0.05) is 14.1 Å². The van der Waals surface area contributed by atoms with Crippen LogP contribution in [0, 0.1) is 0 Å². The molecule has 0 aliphatic heterocycles. The molecule has 0 aromatic carbocycles. The van der Waals surface area contributed by atoms with Crippen LogP contribution in [0.25, 0.3) is 0 Å². The second kappa shape index (κ2) is 2.74. The van der Waals surface area contributed by atoms with Crippen molar-refractivity contribution in [3.8, 4) is 0 Å². The molecule has 10 heavy (non-hydrogen) atoms. The Bertz CT molecular complexity index is 242. The van der Waals surface area contributed by atoms with E-state index < -0.39 is 0 Å². The van der Waals surface area contributed by atoms with E-state index in [1.165, 1.54) is 0 Å². The van der Waals surface area contributed by atoms with Gasteiger partial charge in [-0.3, -0.25) is 4.68 Å². The Kier molecular flexibility index (Phi) is 1.96. The average molecular weight is 156 g/mol. The quantitative estimate of drug-likeness (QED) is 0.567. The van der Waals surface area contributed by atoms with Gasteiger partial charge in [-0.2, -0.15) is 0 Å². The minimum atomic E-state index is 0.619. The summed E-state index contributed by atoms with van der Waals surface area (Å²) in [5.41, 5.74) is 0.708. The molecule has 0 radical (unpaired) electrons. The standard InChI is InChI=1S/C5H8N4S/c1-6-5(10)4-3-9(2)8-7-4/h3H,1-2H3,(H,6,10). The molecule has 1 rings (SSSR count). The topological polar surface area (TPSA) is 42.7 Å². The number of thiocarbonyl (C=S) groups is 1. The van der Waals surface area contributed by atoms with Gasteiger partial charge in [0.1, 0.15) is 10.7 Å². The zero-order valence-corrected chi connectivity index (χ0v) is 6.64. The lowest BCUT2D eigenvalue weighted by Crippen LogP contribution is -2.16. The molecule has 1 N–H and O–H groups in total. The molecular formula is C5H8N4S. The molecule has 5 heteroatoms. The van der Waals surface area contributed by atoms with Crippen LogP contribution in [0.15, 0.2) is 6.20 Å². The first-order chi connectivity index (χ1) is 4.74. The van der Waals surface area contributed by atoms with Gasteiger partial charge in [0.2, 0.25) is 0 Å². The minimum Gasteiger partial charge on any atom is -0.377 e. The summed E-state index contributed by atoms with van der Waals surface area (Å²) in [4.78, 5) is 0.619. The Morgan fingerprint density at radius 2 is 2.50 bits per heavy atom. The van der Waals surface area contributed by atoms with E-state index in [0.29, 0.717) is 10.7 Å². The summed E-state index contributed by atoms with van der Waals surface area (Å²) in [6.45, 7) is 0. The third-order valence-electron chi connectivity index (χ3n) is 1.06. The fourth-order valence-corrected chi connectivity index (χ4v) is 0.673. The van der Waals surface area contributed by atoms with E-state index in [4.69, 9.17) is 12.2 Å². The SMILES string of the molecule is CNC(=S)c1cn(C)nn1. The van der Waals surface area contributed by atoms with Gasteiger partial charge in [-0.05, 0) is 0 Å². The van der Waals surface area contributed by atoms with Crippen LogP contribution in [0.4, 0.5) is 0 Å². The average Bonchev–Trinajstić information content (AvgIpc) is 2.34. The Morgan fingerprint density at radius 1 is 1.80 bits per heavy atom. The molecule has 0 aliphatic carbocycles. The van der Waals surface area contributed by atoms with Crippen LogP contribution in [-0.2, 0) is 7.05 Å². The van der Waals surface area contributed by atoms with E-state index in [1.54, 1.807) is 25.0 Å². The van der Waals surface area contributed by atoms with Crippen molar-refractivity contribution in [2.24, 2.45) is 7.05 Å². The monoisotopic (exact) mass is 156 g/mol. The minimum absolute atomic E-state index is 0.619. The number of hydrogen-bond donors (Lipinski definition) is 1. The predicted molar refractivity (Wildman–Crippen MR) is 41.8 cm³/mol. The molecule has 0 unspecified atom stereocenters. The van der Waals surface area contributed by atoms with Gasteiger partial charge < -0.3 is 5.32 Å². The smallest absolute Gasteiger partial charge is 0.140 e. The molecule has 0 amide bonds. The Hall–Kier alpha value is -0.970. The summed E-state index contributed by atoms with van der Waals surface area (Å²) in [6.07, 6.45) is 1.76. The van der Waals surface area contributed by atoms with Crippen LogP contribution in [0.3, 0.4) is 0 Å². The molecule has 0 saturated heterocycles. The predicted octanol–water partition coefficient (Wildman–Crippen LogP) is -0.290. The molecule has 1 aromatic heterocycles. The van der Waals surface area contributed by atoms with Crippen molar-refractivity contribution in [1.82, 2.24) is 20.3 Å². The zero-order valence-electron chi connectivity index (χ0n) is 5.83. The van der Waals surface area contributed by atoms with Gasteiger partial charge in [0.05, 0.1) is 6.20 Å². The van der Waals surface area contributed by atoms with E-state index in [-0.39, 0.29) is 0 Å². The largest absolute Gasteiger partial charge is 0.377 e. The highest BCUT2D eigenvalue weighted by Crippen LogP contribution is 1.90. The maximum atomic E-state index is 4.91. The van der Waals surface area contributed by atoms with Crippen LogP contribution in [0.5, 0.6) is 0 Å². The summed E-state index contributed by atoms with van der Waals surface area (Å²) in [5, 5.41) is 10.3. The molecule has 54 valence electrons. The molecule has 0 spiro atoms.